The van der Waals surface area contributed by atoms with Gasteiger partial charge in [-0.2, -0.15) is 0 Å². The Balaban J connectivity index is 1.48. The maximum atomic E-state index is 11.4. The van der Waals surface area contributed by atoms with Crippen molar-refractivity contribution in [2.45, 2.75) is 20.3 Å². The molecule has 5 aromatic carbocycles. The normalized spacial score (nSPS) is 11.4. The first-order valence-corrected chi connectivity index (χ1v) is 12.4. The fourth-order valence-corrected chi connectivity index (χ4v) is 4.62. The Hall–Kier alpha value is -4.90. The summed E-state index contributed by atoms with van der Waals surface area (Å²) >= 11 is 0. The Morgan fingerprint density at radius 1 is 0.737 bits per heavy atom. The molecule has 0 fully saturated rings. The lowest BCUT2D eigenvalue weighted by Crippen LogP contribution is -2.10. The largest absolute Gasteiger partial charge is 0.427 e. The van der Waals surface area contributed by atoms with Crippen molar-refractivity contribution in [3.8, 4) is 5.75 Å². The van der Waals surface area contributed by atoms with Crippen molar-refractivity contribution in [2.24, 2.45) is 5.16 Å². The number of carbonyl (C=O) groups is 1. The molecule has 5 heteroatoms. The Bertz CT molecular complexity index is 1580. The second kappa shape index (κ2) is 11.0. The summed E-state index contributed by atoms with van der Waals surface area (Å²) < 4.78 is 5.22. The van der Waals surface area contributed by atoms with Gasteiger partial charge >= 0.3 is 5.97 Å². The predicted molar refractivity (Wildman–Crippen MR) is 153 cm³/mol. The number of benzene rings is 5. The summed E-state index contributed by atoms with van der Waals surface area (Å²) in [4.78, 5) is 13.5. The minimum absolute atomic E-state index is 0.354. The first-order chi connectivity index (χ1) is 18.5. The van der Waals surface area contributed by atoms with Gasteiger partial charge in [-0.25, -0.2) is 0 Å². The molecule has 0 aliphatic rings. The molecule has 38 heavy (non-hydrogen) atoms. The number of rotatable bonds is 7. The minimum Gasteiger partial charge on any atom is -0.427 e. The molecule has 188 valence electrons. The zero-order chi connectivity index (χ0) is 26.5. The molecule has 5 aromatic rings. The standard InChI is InChI=1S/C33H28N2O3/c1-23(34-37)26-12-16-30(17-13-26)35(31-18-20-32(21-19-31)38-24(2)36)29-14-10-25(11-15-29)22-28-8-5-7-27-6-3-4-9-33(27)28/h3-21,37H,22H2,1-2H3. The number of hydrogen-bond acceptors (Lipinski definition) is 5. The molecule has 0 atom stereocenters. The lowest BCUT2D eigenvalue weighted by atomic mass is 9.98. The minimum atomic E-state index is -0.354. The van der Waals surface area contributed by atoms with E-state index in [0.717, 1.165) is 29.0 Å². The lowest BCUT2D eigenvalue weighted by Gasteiger charge is -2.26. The van der Waals surface area contributed by atoms with Crippen LogP contribution in [0.1, 0.15) is 30.5 Å². The van der Waals surface area contributed by atoms with E-state index in [1.54, 1.807) is 19.1 Å². The summed E-state index contributed by atoms with van der Waals surface area (Å²) in [5, 5.41) is 15.0. The highest BCUT2D eigenvalue weighted by atomic mass is 16.5. The number of anilines is 3. The molecule has 5 nitrogen and oxygen atoms in total. The number of oxime groups is 1. The molecule has 0 aliphatic carbocycles. The van der Waals surface area contributed by atoms with Gasteiger partial charge in [-0.3, -0.25) is 4.79 Å². The number of carbonyl (C=O) groups excluding carboxylic acids is 1. The lowest BCUT2D eigenvalue weighted by molar-refractivity contribution is -0.131. The Labute approximate surface area is 222 Å². The van der Waals surface area contributed by atoms with Crippen LogP contribution in [-0.2, 0) is 11.2 Å². The van der Waals surface area contributed by atoms with E-state index < -0.39 is 0 Å². The first-order valence-electron chi connectivity index (χ1n) is 12.4. The third-order valence-corrected chi connectivity index (χ3v) is 6.52. The first kappa shape index (κ1) is 24.8. The van der Waals surface area contributed by atoms with Crippen LogP contribution in [0, 0.1) is 0 Å². The van der Waals surface area contributed by atoms with Crippen molar-refractivity contribution in [1.82, 2.24) is 0 Å². The summed E-state index contributed by atoms with van der Waals surface area (Å²) in [5.41, 5.74) is 6.76. The quantitative estimate of drug-likeness (QED) is 0.0808. The maximum absolute atomic E-state index is 11.4. The van der Waals surface area contributed by atoms with Gasteiger partial charge in [-0.15, -0.1) is 0 Å². The zero-order valence-electron chi connectivity index (χ0n) is 21.3. The van der Waals surface area contributed by atoms with Gasteiger partial charge in [0, 0.05) is 24.0 Å². The molecule has 1 N–H and O–H groups in total. The van der Waals surface area contributed by atoms with Crippen LogP contribution in [0.15, 0.2) is 120 Å². The molecule has 0 spiro atoms. The summed E-state index contributed by atoms with van der Waals surface area (Å²) in [5.74, 6) is 0.143. The second-order valence-electron chi connectivity index (χ2n) is 9.14. The fraction of sp³-hybridized carbons (Fsp3) is 0.0909. The van der Waals surface area contributed by atoms with Gasteiger partial charge in [-0.05, 0) is 89.3 Å². The van der Waals surface area contributed by atoms with Crippen LogP contribution in [0.3, 0.4) is 0 Å². The highest BCUT2D eigenvalue weighted by Gasteiger charge is 2.14. The van der Waals surface area contributed by atoms with Gasteiger partial charge in [0.2, 0.25) is 0 Å². The molecule has 0 amide bonds. The number of nitrogens with zero attached hydrogens (tertiary/aromatic N) is 2. The number of fused-ring (bicyclic) bond motifs is 1. The van der Waals surface area contributed by atoms with Crippen LogP contribution in [0.25, 0.3) is 10.8 Å². The summed E-state index contributed by atoms with van der Waals surface area (Å²) in [6.07, 6.45) is 0.840. The molecule has 0 radical (unpaired) electrons. The van der Waals surface area contributed by atoms with E-state index in [2.05, 4.69) is 76.8 Å². The van der Waals surface area contributed by atoms with Gasteiger partial charge in [0.1, 0.15) is 5.75 Å². The van der Waals surface area contributed by atoms with Crippen LogP contribution in [0.2, 0.25) is 0 Å². The van der Waals surface area contributed by atoms with Crippen LogP contribution in [-0.4, -0.2) is 16.9 Å². The number of esters is 1. The van der Waals surface area contributed by atoms with Gasteiger partial charge in [-0.1, -0.05) is 71.9 Å². The van der Waals surface area contributed by atoms with Gasteiger partial charge in [0.15, 0.2) is 0 Å². The Morgan fingerprint density at radius 2 is 1.32 bits per heavy atom. The predicted octanol–water partition coefficient (Wildman–Crippen LogP) is 8.02. The van der Waals surface area contributed by atoms with Gasteiger partial charge in [0.05, 0.1) is 5.71 Å². The fourth-order valence-electron chi connectivity index (χ4n) is 4.62. The van der Waals surface area contributed by atoms with Crippen molar-refractivity contribution >= 4 is 39.5 Å². The highest BCUT2D eigenvalue weighted by Crippen LogP contribution is 2.36. The average molecular weight is 501 g/mol. The summed E-state index contributed by atoms with van der Waals surface area (Å²) in [6, 6.07) is 38.8. The van der Waals surface area contributed by atoms with Crippen LogP contribution >= 0.6 is 0 Å². The Morgan fingerprint density at radius 3 is 1.95 bits per heavy atom. The third kappa shape index (κ3) is 5.42. The number of ether oxygens (including phenoxy) is 1. The van der Waals surface area contributed by atoms with E-state index in [-0.39, 0.29) is 5.97 Å². The monoisotopic (exact) mass is 500 g/mol. The zero-order valence-corrected chi connectivity index (χ0v) is 21.3. The second-order valence-corrected chi connectivity index (χ2v) is 9.14. The van der Waals surface area contributed by atoms with Gasteiger partial charge in [0.25, 0.3) is 0 Å². The van der Waals surface area contributed by atoms with E-state index in [0.29, 0.717) is 11.5 Å². The molecule has 5 rings (SSSR count). The average Bonchev–Trinajstić information content (AvgIpc) is 2.95. The summed E-state index contributed by atoms with van der Waals surface area (Å²) in [7, 11) is 0. The van der Waals surface area contributed by atoms with Crippen molar-refractivity contribution in [3.63, 3.8) is 0 Å². The molecule has 0 unspecified atom stereocenters. The van der Waals surface area contributed by atoms with Gasteiger partial charge < -0.3 is 14.8 Å². The topological polar surface area (TPSA) is 62.1 Å². The van der Waals surface area contributed by atoms with E-state index >= 15 is 0 Å². The van der Waals surface area contributed by atoms with Crippen molar-refractivity contribution in [3.05, 3.63) is 132 Å². The van der Waals surface area contributed by atoms with Crippen molar-refractivity contribution in [2.75, 3.05) is 4.90 Å². The third-order valence-electron chi connectivity index (χ3n) is 6.52. The number of hydrogen-bond donors (Lipinski definition) is 1. The van der Waals surface area contributed by atoms with Crippen LogP contribution in [0.4, 0.5) is 17.1 Å². The molecular formula is C33H28N2O3. The SMILES string of the molecule is CC(=O)Oc1ccc(N(c2ccc(Cc3cccc4ccccc34)cc2)c2ccc(C(C)=NO)cc2)cc1. The van der Waals surface area contributed by atoms with E-state index in [1.165, 1.54) is 28.8 Å². The molecule has 0 aromatic heterocycles. The molecule has 0 heterocycles. The van der Waals surface area contributed by atoms with E-state index in [9.17, 15) is 4.79 Å². The smallest absolute Gasteiger partial charge is 0.308 e. The molecule has 0 bridgehead atoms. The van der Waals surface area contributed by atoms with Crippen LogP contribution < -0.4 is 9.64 Å². The van der Waals surface area contributed by atoms with E-state index in [1.807, 2.05) is 36.4 Å². The maximum Gasteiger partial charge on any atom is 0.308 e. The highest BCUT2D eigenvalue weighted by molar-refractivity contribution is 5.98. The molecule has 0 aliphatic heterocycles. The molecular weight excluding hydrogens is 472 g/mol. The molecule has 0 saturated carbocycles. The summed E-state index contributed by atoms with van der Waals surface area (Å²) in [6.45, 7) is 3.15. The van der Waals surface area contributed by atoms with Crippen molar-refractivity contribution in [1.29, 1.82) is 0 Å². The van der Waals surface area contributed by atoms with Crippen molar-refractivity contribution < 1.29 is 14.7 Å². The molecule has 0 saturated heterocycles. The van der Waals surface area contributed by atoms with Crippen LogP contribution in [0.5, 0.6) is 5.75 Å². The Kier molecular flexibility index (Phi) is 7.18. The van der Waals surface area contributed by atoms with E-state index in [4.69, 9.17) is 9.94 Å².